The van der Waals surface area contributed by atoms with Gasteiger partial charge in [-0.25, -0.2) is 4.98 Å². The molecule has 2 atom stereocenters. The number of aryl methyl sites for hydroxylation is 1. The molecule has 0 radical (unpaired) electrons. The number of ketones is 2. The van der Waals surface area contributed by atoms with Gasteiger partial charge in [-0.1, -0.05) is 57.6 Å². The van der Waals surface area contributed by atoms with Crippen LogP contribution in [0.15, 0.2) is 30.4 Å². The summed E-state index contributed by atoms with van der Waals surface area (Å²) in [6, 6.07) is 6.27. The van der Waals surface area contributed by atoms with Crippen molar-refractivity contribution in [1.29, 1.82) is 0 Å². The molecule has 224 valence electrons. The van der Waals surface area contributed by atoms with E-state index in [0.717, 1.165) is 47.7 Å². The molecule has 0 bridgehead atoms. The molecule has 0 unspecified atom stereocenters. The second-order valence-corrected chi connectivity index (χ2v) is 13.4. The number of fused-ring (bicyclic) bond motifs is 1. The maximum Gasteiger partial charge on any atom is 0.224 e. The van der Waals surface area contributed by atoms with Crippen LogP contribution in [-0.2, 0) is 27.2 Å². The summed E-state index contributed by atoms with van der Waals surface area (Å²) in [4.78, 5) is 45.8. The van der Waals surface area contributed by atoms with E-state index < -0.39 is 5.92 Å². The molecule has 1 aromatic carbocycles. The number of aromatic nitrogens is 1. The Morgan fingerprint density at radius 3 is 2.59 bits per heavy atom. The van der Waals surface area contributed by atoms with Gasteiger partial charge < -0.3 is 10.1 Å². The van der Waals surface area contributed by atoms with E-state index in [9.17, 15) is 14.4 Å². The van der Waals surface area contributed by atoms with E-state index in [1.807, 2.05) is 12.1 Å². The first-order chi connectivity index (χ1) is 19.9. The fraction of sp³-hybridized carbons (Fsp3) is 0.647. The van der Waals surface area contributed by atoms with Gasteiger partial charge in [0.2, 0.25) is 5.91 Å². The van der Waals surface area contributed by atoms with Gasteiger partial charge >= 0.3 is 0 Å². The molecule has 2 heterocycles. The lowest BCUT2D eigenvalue weighted by Crippen LogP contribution is -2.41. The van der Waals surface area contributed by atoms with Gasteiger partial charge in [0.25, 0.3) is 0 Å². The number of nitrogens with one attached hydrogen (secondary N) is 1. The van der Waals surface area contributed by atoms with E-state index in [0.29, 0.717) is 25.2 Å². The average molecular weight is 580 g/mol. The largest absolute Gasteiger partial charge is 0.353 e. The van der Waals surface area contributed by atoms with Crippen molar-refractivity contribution in [3.8, 4) is 0 Å². The molecule has 6 nitrogen and oxygen atoms in total. The molecular weight excluding hydrogens is 530 g/mol. The van der Waals surface area contributed by atoms with Gasteiger partial charge in [0, 0.05) is 31.8 Å². The normalized spacial score (nSPS) is 18.5. The summed E-state index contributed by atoms with van der Waals surface area (Å²) >= 11 is 1.62. The average Bonchev–Trinajstić information content (AvgIpc) is 3.38. The maximum atomic E-state index is 13.7. The van der Waals surface area contributed by atoms with Crippen molar-refractivity contribution in [3.63, 3.8) is 0 Å². The van der Waals surface area contributed by atoms with Crippen LogP contribution in [0.3, 0.4) is 0 Å². The Bertz CT molecular complexity index is 1180. The Hall–Kier alpha value is -2.38. The van der Waals surface area contributed by atoms with Gasteiger partial charge in [-0.3, -0.25) is 14.5 Å². The summed E-state index contributed by atoms with van der Waals surface area (Å²) in [7, 11) is 0. The van der Waals surface area contributed by atoms with Gasteiger partial charge in [-0.05, 0) is 81.8 Å². The second-order valence-electron chi connectivity index (χ2n) is 12.3. The van der Waals surface area contributed by atoms with Gasteiger partial charge in [0.1, 0.15) is 5.78 Å². The summed E-state index contributed by atoms with van der Waals surface area (Å²) in [5.74, 6) is 0.195. The van der Waals surface area contributed by atoms with Crippen LogP contribution in [0.1, 0.15) is 101 Å². The number of piperidine rings is 1. The zero-order valence-electron chi connectivity index (χ0n) is 25.2. The Kier molecular flexibility index (Phi) is 12.6. The minimum Gasteiger partial charge on any atom is -0.353 e. The van der Waals surface area contributed by atoms with E-state index in [-0.39, 0.29) is 29.9 Å². The Labute approximate surface area is 250 Å². The molecule has 1 saturated carbocycles. The highest BCUT2D eigenvalue weighted by atomic mass is 32.1. The second kappa shape index (κ2) is 16.3. The first kappa shape index (κ1) is 31.6. The van der Waals surface area contributed by atoms with Crippen molar-refractivity contribution < 1.29 is 14.4 Å². The zero-order chi connectivity index (χ0) is 29.0. The van der Waals surface area contributed by atoms with E-state index in [1.165, 1.54) is 56.9 Å². The van der Waals surface area contributed by atoms with E-state index in [2.05, 4.69) is 29.3 Å². The fourth-order valence-electron chi connectivity index (χ4n) is 6.41. The van der Waals surface area contributed by atoms with Crippen molar-refractivity contribution in [2.75, 3.05) is 19.6 Å². The van der Waals surface area contributed by atoms with Crippen LogP contribution in [-0.4, -0.2) is 53.0 Å². The Morgan fingerprint density at radius 2 is 1.85 bits per heavy atom. The van der Waals surface area contributed by atoms with Crippen LogP contribution in [0.2, 0.25) is 0 Å². The lowest BCUT2D eigenvalue weighted by Gasteiger charge is -2.28. The molecule has 1 N–H and O–H groups in total. The number of amides is 1. The predicted octanol–water partition coefficient (Wildman–Crippen LogP) is 6.84. The molecule has 1 amide bonds. The maximum absolute atomic E-state index is 13.7. The molecule has 2 aliphatic rings. The van der Waals surface area contributed by atoms with Crippen molar-refractivity contribution >= 4 is 39.0 Å². The molecule has 2 aromatic rings. The first-order valence-electron chi connectivity index (χ1n) is 16.0. The van der Waals surface area contributed by atoms with Gasteiger partial charge in [0.15, 0.2) is 5.78 Å². The van der Waals surface area contributed by atoms with Crippen LogP contribution in [0.4, 0.5) is 0 Å². The number of carbonyl (C=O) groups is 3. The van der Waals surface area contributed by atoms with Crippen LogP contribution < -0.4 is 5.32 Å². The number of hydrogen-bond donors (Lipinski definition) is 1. The number of allylic oxidation sites excluding steroid dienone is 1. The third kappa shape index (κ3) is 10.4. The summed E-state index contributed by atoms with van der Waals surface area (Å²) in [5, 5.41) is 4.20. The number of likely N-dealkylation sites (tertiary alicyclic amines) is 1. The van der Waals surface area contributed by atoms with Crippen molar-refractivity contribution in [2.45, 2.75) is 110 Å². The lowest BCUT2D eigenvalue weighted by molar-refractivity contribution is -0.129. The Balaban J connectivity index is 1.38. The molecule has 1 aromatic heterocycles. The van der Waals surface area contributed by atoms with E-state index in [4.69, 9.17) is 4.98 Å². The number of rotatable bonds is 15. The summed E-state index contributed by atoms with van der Waals surface area (Å²) in [5.41, 5.74) is 2.22. The summed E-state index contributed by atoms with van der Waals surface area (Å²) < 4.78 is 1.13. The van der Waals surface area contributed by atoms with E-state index >= 15 is 0 Å². The monoisotopic (exact) mass is 579 g/mol. The number of Topliss-reactive ketones (excluding diaryl/α,β-unsaturated/α-hetero) is 1. The van der Waals surface area contributed by atoms with Crippen LogP contribution in [0.5, 0.6) is 0 Å². The van der Waals surface area contributed by atoms with Crippen molar-refractivity contribution in [2.24, 2.45) is 11.8 Å². The predicted molar refractivity (Wildman–Crippen MR) is 168 cm³/mol. The minimum absolute atomic E-state index is 0.0115. The van der Waals surface area contributed by atoms with Gasteiger partial charge in [0.05, 0.1) is 21.1 Å². The van der Waals surface area contributed by atoms with Crippen LogP contribution in [0, 0.1) is 11.8 Å². The minimum atomic E-state index is -0.451. The van der Waals surface area contributed by atoms with Crippen molar-refractivity contribution in [3.05, 3.63) is 40.9 Å². The molecule has 1 aliphatic carbocycles. The topological polar surface area (TPSA) is 79.4 Å². The number of thiazole rings is 1. The Morgan fingerprint density at radius 1 is 1.10 bits per heavy atom. The van der Waals surface area contributed by atoms with E-state index in [1.54, 1.807) is 24.3 Å². The highest BCUT2D eigenvalue weighted by Crippen LogP contribution is 2.29. The highest BCUT2D eigenvalue weighted by molar-refractivity contribution is 7.18. The smallest absolute Gasteiger partial charge is 0.224 e. The molecule has 4 rings (SSSR count). The molecule has 1 saturated heterocycles. The first-order valence-corrected chi connectivity index (χ1v) is 16.8. The quantitative estimate of drug-likeness (QED) is 0.234. The molecule has 2 fully saturated rings. The number of carbonyl (C=O) groups excluding carboxylic acids is 3. The number of hydrogen-bond acceptors (Lipinski definition) is 6. The third-order valence-corrected chi connectivity index (χ3v) is 9.82. The van der Waals surface area contributed by atoms with Crippen LogP contribution in [0.25, 0.3) is 10.2 Å². The summed E-state index contributed by atoms with van der Waals surface area (Å²) in [6.45, 7) is 6.77. The van der Waals surface area contributed by atoms with Gasteiger partial charge in [-0.2, -0.15) is 0 Å². The molecule has 1 aliphatic heterocycles. The highest BCUT2D eigenvalue weighted by Gasteiger charge is 2.27. The standard InChI is InChI=1S/C34H49N3O3S/c1-3-26-14-17-31-32(23-26)41-33(36-31)24-28(21-25(2)38)34(40)35-29(22-27-11-6-4-7-12-27)15-16-30(39)13-10-20-37-18-8-5-9-19-37/h10,13-14,17,23,27-29H,3-9,11-12,15-16,18-22,24H2,1-2H3,(H,35,40)/b13-10+/t28-,29+/m0/s1. The van der Waals surface area contributed by atoms with Crippen molar-refractivity contribution in [1.82, 2.24) is 15.2 Å². The molecular formula is C34H49N3O3S. The summed E-state index contributed by atoms with van der Waals surface area (Å²) in [6.07, 6.45) is 17.3. The number of nitrogens with zero attached hydrogens (tertiary/aromatic N) is 2. The molecule has 0 spiro atoms. The molecule has 7 heteroatoms. The SMILES string of the molecule is CCc1ccc2nc(C[C@H](CC(C)=O)C(=O)N[C@H](CCC(=O)/C=C/CN3CCCCC3)CC3CCCCC3)sc2c1. The fourth-order valence-corrected chi connectivity index (χ4v) is 7.52. The zero-order valence-corrected chi connectivity index (χ0v) is 26.0. The number of benzene rings is 1. The lowest BCUT2D eigenvalue weighted by atomic mass is 9.83. The third-order valence-electron chi connectivity index (χ3n) is 8.78. The van der Waals surface area contributed by atoms with Gasteiger partial charge in [-0.15, -0.1) is 11.3 Å². The molecule has 41 heavy (non-hydrogen) atoms. The van der Waals surface area contributed by atoms with Crippen LogP contribution >= 0.6 is 11.3 Å².